The molecule has 0 aromatic rings. The summed E-state index contributed by atoms with van der Waals surface area (Å²) in [6.07, 6.45) is 18.2. The van der Waals surface area contributed by atoms with Crippen molar-refractivity contribution < 1.29 is 0 Å². The molecule has 0 saturated heterocycles. The summed E-state index contributed by atoms with van der Waals surface area (Å²) >= 11 is 0. The van der Waals surface area contributed by atoms with Crippen molar-refractivity contribution in [1.82, 2.24) is 0 Å². The Labute approximate surface area is 168 Å². The van der Waals surface area contributed by atoms with Crippen molar-refractivity contribution in [3.05, 3.63) is 0 Å². The fraction of sp³-hybridized carbons (Fsp3) is 0.920. The first-order chi connectivity index (χ1) is 13.0. The summed E-state index contributed by atoms with van der Waals surface area (Å²) in [7, 11) is 0. The van der Waals surface area contributed by atoms with Crippen LogP contribution in [0.2, 0.25) is 0 Å². The molecule has 0 spiro atoms. The van der Waals surface area contributed by atoms with Crippen molar-refractivity contribution >= 4 is 11.4 Å². The van der Waals surface area contributed by atoms with E-state index in [2.05, 4.69) is 37.9 Å². The van der Waals surface area contributed by atoms with Gasteiger partial charge in [0.1, 0.15) is 0 Å². The van der Waals surface area contributed by atoms with Crippen molar-refractivity contribution in [2.45, 2.75) is 111 Å². The molecule has 2 aliphatic carbocycles. The summed E-state index contributed by atoms with van der Waals surface area (Å²) in [4.78, 5) is 0. The van der Waals surface area contributed by atoms with E-state index >= 15 is 0 Å². The molecular weight excluding hydrogens is 328 g/mol. The summed E-state index contributed by atoms with van der Waals surface area (Å²) < 4.78 is 0. The Morgan fingerprint density at radius 3 is 2.26 bits per heavy atom. The number of hydrogen-bond donors (Lipinski definition) is 0. The molecule has 3 aliphatic rings. The molecule has 0 aromatic carbocycles. The molecule has 2 nitrogen and oxygen atoms in total. The molecule has 2 saturated carbocycles. The SMILES string of the molecule is CC1=NN=C(CCC2CCCCCCC(C)C(C)C3CCC2CC(C)C3)C1. The molecule has 3 rings (SSSR count). The molecule has 0 N–H and O–H groups in total. The van der Waals surface area contributed by atoms with Crippen LogP contribution in [0.4, 0.5) is 0 Å². The van der Waals surface area contributed by atoms with Crippen LogP contribution in [-0.2, 0) is 0 Å². The molecule has 154 valence electrons. The van der Waals surface area contributed by atoms with Crippen molar-refractivity contribution in [2.24, 2.45) is 45.7 Å². The maximum atomic E-state index is 4.43. The van der Waals surface area contributed by atoms with Gasteiger partial charge < -0.3 is 0 Å². The van der Waals surface area contributed by atoms with Crippen molar-refractivity contribution in [1.29, 1.82) is 0 Å². The van der Waals surface area contributed by atoms with Crippen LogP contribution in [0.1, 0.15) is 111 Å². The second-order valence-corrected chi connectivity index (χ2v) is 10.5. The number of hydrogen-bond acceptors (Lipinski definition) is 2. The van der Waals surface area contributed by atoms with Gasteiger partial charge in [0.2, 0.25) is 0 Å². The normalized spacial score (nSPS) is 39.0. The summed E-state index contributed by atoms with van der Waals surface area (Å²) in [5.74, 6) is 5.59. The molecule has 2 heteroatoms. The second-order valence-electron chi connectivity index (χ2n) is 10.5. The lowest BCUT2D eigenvalue weighted by atomic mass is 9.76. The van der Waals surface area contributed by atoms with E-state index < -0.39 is 0 Å². The lowest BCUT2D eigenvalue weighted by molar-refractivity contribution is 0.210. The first-order valence-electron chi connectivity index (χ1n) is 12.1. The third kappa shape index (κ3) is 6.16. The van der Waals surface area contributed by atoms with E-state index in [0.717, 1.165) is 41.9 Å². The van der Waals surface area contributed by atoms with Crippen LogP contribution < -0.4 is 0 Å². The van der Waals surface area contributed by atoms with Gasteiger partial charge in [-0.05, 0) is 81.0 Å². The smallest absolute Gasteiger partial charge is 0.0462 e. The summed E-state index contributed by atoms with van der Waals surface area (Å²) in [6, 6.07) is 0. The van der Waals surface area contributed by atoms with Crippen LogP contribution in [0.15, 0.2) is 10.2 Å². The van der Waals surface area contributed by atoms with Gasteiger partial charge in [-0.25, -0.2) is 0 Å². The van der Waals surface area contributed by atoms with Gasteiger partial charge in [0, 0.05) is 17.8 Å². The quantitative estimate of drug-likeness (QED) is 0.485. The van der Waals surface area contributed by atoms with Crippen LogP contribution in [0.5, 0.6) is 0 Å². The first kappa shape index (κ1) is 21.1. The van der Waals surface area contributed by atoms with Gasteiger partial charge >= 0.3 is 0 Å². The molecule has 27 heavy (non-hydrogen) atoms. The Kier molecular flexibility index (Phi) is 7.97. The number of rotatable bonds is 3. The van der Waals surface area contributed by atoms with Crippen LogP contribution in [0.25, 0.3) is 0 Å². The van der Waals surface area contributed by atoms with Gasteiger partial charge in [0.05, 0.1) is 0 Å². The van der Waals surface area contributed by atoms with Crippen LogP contribution in [-0.4, -0.2) is 11.4 Å². The fourth-order valence-electron chi connectivity index (χ4n) is 6.28. The largest absolute Gasteiger partial charge is 0.160 e. The molecule has 0 amide bonds. The summed E-state index contributed by atoms with van der Waals surface area (Å²) in [5, 5.41) is 8.70. The Bertz CT molecular complexity index is 520. The third-order valence-corrected chi connectivity index (χ3v) is 8.24. The molecule has 2 fully saturated rings. The lowest BCUT2D eigenvalue weighted by Crippen LogP contribution is -2.20. The van der Waals surface area contributed by atoms with Crippen LogP contribution >= 0.6 is 0 Å². The predicted octanol–water partition coefficient (Wildman–Crippen LogP) is 7.67. The molecular formula is C25H44N2. The zero-order valence-electron chi connectivity index (χ0n) is 18.6. The highest BCUT2D eigenvalue weighted by atomic mass is 15.2. The van der Waals surface area contributed by atoms with Gasteiger partial charge in [-0.2, -0.15) is 10.2 Å². The summed E-state index contributed by atoms with van der Waals surface area (Å²) in [6.45, 7) is 9.77. The van der Waals surface area contributed by atoms with Gasteiger partial charge in [0.25, 0.3) is 0 Å². The molecule has 6 atom stereocenters. The Morgan fingerprint density at radius 2 is 1.52 bits per heavy atom. The topological polar surface area (TPSA) is 24.7 Å². The Morgan fingerprint density at radius 1 is 0.815 bits per heavy atom. The Balaban J connectivity index is 1.66. The molecule has 0 radical (unpaired) electrons. The average Bonchev–Trinajstić information content (AvgIpc) is 2.96. The Hall–Kier alpha value is -0.660. The molecule has 0 aromatic heterocycles. The highest BCUT2D eigenvalue weighted by molar-refractivity contribution is 6.06. The molecule has 1 aliphatic heterocycles. The zero-order valence-corrected chi connectivity index (χ0v) is 18.6. The van der Waals surface area contributed by atoms with Gasteiger partial charge in [-0.15, -0.1) is 0 Å². The van der Waals surface area contributed by atoms with E-state index in [9.17, 15) is 0 Å². The van der Waals surface area contributed by atoms with Gasteiger partial charge in [0.15, 0.2) is 0 Å². The first-order valence-corrected chi connectivity index (χ1v) is 12.1. The van der Waals surface area contributed by atoms with E-state index in [0.29, 0.717) is 0 Å². The second kappa shape index (κ2) is 10.2. The van der Waals surface area contributed by atoms with Crippen LogP contribution in [0.3, 0.4) is 0 Å². The molecule has 2 bridgehead atoms. The number of nitrogens with zero attached hydrogens (tertiary/aromatic N) is 2. The monoisotopic (exact) mass is 372 g/mol. The zero-order chi connectivity index (χ0) is 19.2. The van der Waals surface area contributed by atoms with E-state index in [1.54, 1.807) is 0 Å². The van der Waals surface area contributed by atoms with E-state index in [1.165, 1.54) is 88.5 Å². The highest BCUT2D eigenvalue weighted by Gasteiger charge is 2.32. The van der Waals surface area contributed by atoms with E-state index in [1.807, 2.05) is 0 Å². The highest BCUT2D eigenvalue weighted by Crippen LogP contribution is 2.43. The van der Waals surface area contributed by atoms with Crippen molar-refractivity contribution in [3.63, 3.8) is 0 Å². The minimum Gasteiger partial charge on any atom is -0.160 e. The predicted molar refractivity (Wildman–Crippen MR) is 119 cm³/mol. The minimum atomic E-state index is 0.914. The van der Waals surface area contributed by atoms with Crippen molar-refractivity contribution in [2.75, 3.05) is 0 Å². The average molecular weight is 373 g/mol. The maximum absolute atomic E-state index is 4.43. The standard InChI is InChI=1S/C25H44N2/c1-18-15-23-11-12-24(16-18)22(13-14-25-17-20(3)26-27-25)10-8-6-5-7-9-19(2)21(23)4/h18-19,21-24H,5-17H2,1-4H3. The van der Waals surface area contributed by atoms with Gasteiger partial charge in [-0.1, -0.05) is 59.3 Å². The van der Waals surface area contributed by atoms with Gasteiger partial charge in [-0.3, -0.25) is 0 Å². The number of fused-ring (bicyclic) bond motifs is 3. The maximum Gasteiger partial charge on any atom is 0.0462 e. The van der Waals surface area contributed by atoms with Crippen molar-refractivity contribution in [3.8, 4) is 0 Å². The lowest BCUT2D eigenvalue weighted by Gasteiger charge is -2.29. The van der Waals surface area contributed by atoms with Crippen LogP contribution in [0, 0.1) is 35.5 Å². The summed E-state index contributed by atoms with van der Waals surface area (Å²) in [5.41, 5.74) is 2.55. The minimum absolute atomic E-state index is 0.914. The van der Waals surface area contributed by atoms with E-state index in [-0.39, 0.29) is 0 Å². The molecule has 1 heterocycles. The van der Waals surface area contributed by atoms with E-state index in [4.69, 9.17) is 0 Å². The molecule has 6 unspecified atom stereocenters. The fourth-order valence-corrected chi connectivity index (χ4v) is 6.28. The third-order valence-electron chi connectivity index (χ3n) is 8.24.